The number of hydrogen-bond donors (Lipinski definition) is 2. The molecule has 0 unspecified atom stereocenters. The first-order valence-electron chi connectivity index (χ1n) is 9.26. The predicted octanol–water partition coefficient (Wildman–Crippen LogP) is 2.29. The van der Waals surface area contributed by atoms with Crippen LogP contribution in [0.1, 0.15) is 41.5 Å². The van der Waals surface area contributed by atoms with Gasteiger partial charge in [-0.15, -0.1) is 0 Å². The fourth-order valence-corrected chi connectivity index (χ4v) is 3.72. The summed E-state index contributed by atoms with van der Waals surface area (Å²) in [5.74, 6) is 0.762. The molecule has 7 nitrogen and oxygen atoms in total. The van der Waals surface area contributed by atoms with E-state index < -0.39 is 0 Å². The lowest BCUT2D eigenvalue weighted by Crippen LogP contribution is -2.45. The van der Waals surface area contributed by atoms with Gasteiger partial charge in [0.15, 0.2) is 0 Å². The van der Waals surface area contributed by atoms with Crippen LogP contribution in [0.2, 0.25) is 0 Å². The smallest absolute Gasteiger partial charge is 0.234 e. The minimum Gasteiger partial charge on any atom is -0.496 e. The third-order valence-electron chi connectivity index (χ3n) is 5.09. The number of carbonyl (C=O) groups is 1. The highest BCUT2D eigenvalue weighted by Crippen LogP contribution is 2.28. The molecule has 1 fully saturated rings. The molecule has 1 aromatic carbocycles. The highest BCUT2D eigenvalue weighted by Gasteiger charge is 2.30. The highest BCUT2D eigenvalue weighted by atomic mass is 16.5. The van der Waals surface area contributed by atoms with Crippen LogP contribution in [0.25, 0.3) is 0 Å². The Morgan fingerprint density at radius 2 is 2.22 bits per heavy atom. The normalized spacial score (nSPS) is 18.9. The average Bonchev–Trinajstić information content (AvgIpc) is 3.00. The Morgan fingerprint density at radius 1 is 1.44 bits per heavy atom. The predicted molar refractivity (Wildman–Crippen MR) is 103 cm³/mol. The number of methoxy groups -OCH3 is 1. The molecule has 0 saturated carbocycles. The van der Waals surface area contributed by atoms with Gasteiger partial charge in [0.25, 0.3) is 0 Å². The fraction of sp³-hybridized carbons (Fsp3) is 0.500. The first-order chi connectivity index (χ1) is 13.0. The number of rotatable bonds is 6. The zero-order valence-corrected chi connectivity index (χ0v) is 16.4. The van der Waals surface area contributed by atoms with Crippen molar-refractivity contribution in [1.29, 1.82) is 0 Å². The zero-order valence-electron chi connectivity index (χ0n) is 16.4. The molecule has 1 amide bonds. The van der Waals surface area contributed by atoms with Gasteiger partial charge in [-0.3, -0.25) is 14.8 Å². The summed E-state index contributed by atoms with van der Waals surface area (Å²) >= 11 is 0. The number of morpholine rings is 1. The van der Waals surface area contributed by atoms with Gasteiger partial charge in [0.2, 0.25) is 5.91 Å². The second kappa shape index (κ2) is 8.54. The number of aryl methyl sites for hydroxylation is 2. The molecule has 0 radical (unpaired) electrons. The summed E-state index contributed by atoms with van der Waals surface area (Å²) in [6, 6.07) is 7.64. The Labute approximate surface area is 160 Å². The Balaban J connectivity index is 1.68. The minimum atomic E-state index is -0.134. The number of nitrogens with one attached hydrogen (secondary N) is 2. The van der Waals surface area contributed by atoms with E-state index in [0.29, 0.717) is 26.3 Å². The molecule has 1 aliphatic rings. The molecule has 27 heavy (non-hydrogen) atoms. The van der Waals surface area contributed by atoms with E-state index >= 15 is 0 Å². The largest absolute Gasteiger partial charge is 0.496 e. The number of para-hydroxylation sites is 1. The summed E-state index contributed by atoms with van der Waals surface area (Å²) < 4.78 is 11.1. The summed E-state index contributed by atoms with van der Waals surface area (Å²) in [4.78, 5) is 14.9. The van der Waals surface area contributed by atoms with Crippen LogP contribution in [0.3, 0.4) is 0 Å². The van der Waals surface area contributed by atoms with E-state index in [1.54, 1.807) is 7.11 Å². The van der Waals surface area contributed by atoms with Gasteiger partial charge < -0.3 is 14.8 Å². The van der Waals surface area contributed by atoms with E-state index in [2.05, 4.69) is 20.4 Å². The Morgan fingerprint density at radius 3 is 2.93 bits per heavy atom. The number of benzene rings is 1. The van der Waals surface area contributed by atoms with Gasteiger partial charge in [-0.2, -0.15) is 5.10 Å². The first-order valence-corrected chi connectivity index (χ1v) is 9.26. The zero-order chi connectivity index (χ0) is 19.4. The summed E-state index contributed by atoms with van der Waals surface area (Å²) in [5, 5.41) is 10.4. The topological polar surface area (TPSA) is 79.5 Å². The van der Waals surface area contributed by atoms with Crippen LogP contribution < -0.4 is 10.1 Å². The van der Waals surface area contributed by atoms with Crippen molar-refractivity contribution in [3.63, 3.8) is 0 Å². The number of ether oxygens (including phenoxy) is 2. The van der Waals surface area contributed by atoms with Crippen molar-refractivity contribution < 1.29 is 14.3 Å². The van der Waals surface area contributed by atoms with Crippen molar-refractivity contribution in [2.24, 2.45) is 0 Å². The van der Waals surface area contributed by atoms with Crippen molar-refractivity contribution in [2.75, 3.05) is 33.4 Å². The maximum Gasteiger partial charge on any atom is 0.234 e. The standard InChI is InChI=1S/C20H28N4O3/c1-13(16-7-5-6-8-18(16)26-4)21-19(25)11-24-9-10-27-12-17(24)20-14(2)22-23-15(20)3/h5-8,13,17H,9-12H2,1-4H3,(H,21,25)(H,22,23)/t13-,17-/m0/s1. The van der Waals surface area contributed by atoms with Crippen LogP contribution in [-0.2, 0) is 9.53 Å². The van der Waals surface area contributed by atoms with Gasteiger partial charge in [-0.1, -0.05) is 18.2 Å². The van der Waals surface area contributed by atoms with E-state index in [1.807, 2.05) is 45.0 Å². The van der Waals surface area contributed by atoms with Gasteiger partial charge in [-0.25, -0.2) is 0 Å². The number of carbonyl (C=O) groups excluding carboxylic acids is 1. The molecule has 2 aromatic rings. The second-order valence-electron chi connectivity index (χ2n) is 6.94. The number of amides is 1. The number of nitrogens with zero attached hydrogens (tertiary/aromatic N) is 2. The molecule has 2 atom stereocenters. The molecular weight excluding hydrogens is 344 g/mol. The van der Waals surface area contributed by atoms with E-state index in [-0.39, 0.29) is 18.0 Å². The Bertz CT molecular complexity index is 770. The highest BCUT2D eigenvalue weighted by molar-refractivity contribution is 5.78. The molecule has 3 rings (SSSR count). The minimum absolute atomic E-state index is 0.0147. The number of H-pyrrole nitrogens is 1. The maximum absolute atomic E-state index is 12.7. The lowest BCUT2D eigenvalue weighted by atomic mass is 10.0. The van der Waals surface area contributed by atoms with Crippen LogP contribution in [0.5, 0.6) is 5.75 Å². The molecule has 0 spiro atoms. The van der Waals surface area contributed by atoms with Crippen molar-refractivity contribution in [2.45, 2.75) is 32.9 Å². The van der Waals surface area contributed by atoms with Gasteiger partial charge in [-0.05, 0) is 26.8 Å². The fourth-order valence-electron chi connectivity index (χ4n) is 3.72. The lowest BCUT2D eigenvalue weighted by Gasteiger charge is -2.35. The third kappa shape index (κ3) is 4.31. The van der Waals surface area contributed by atoms with Gasteiger partial charge in [0, 0.05) is 23.4 Å². The van der Waals surface area contributed by atoms with E-state index in [0.717, 1.165) is 28.3 Å². The van der Waals surface area contributed by atoms with Crippen molar-refractivity contribution in [3.8, 4) is 5.75 Å². The number of hydrogen-bond acceptors (Lipinski definition) is 5. The first kappa shape index (κ1) is 19.4. The Kier molecular flexibility index (Phi) is 6.13. The molecule has 2 heterocycles. The van der Waals surface area contributed by atoms with Crippen molar-refractivity contribution >= 4 is 5.91 Å². The molecule has 0 aliphatic carbocycles. The average molecular weight is 372 g/mol. The molecule has 1 aliphatic heterocycles. The second-order valence-corrected chi connectivity index (χ2v) is 6.94. The van der Waals surface area contributed by atoms with Crippen molar-refractivity contribution in [3.05, 3.63) is 46.8 Å². The maximum atomic E-state index is 12.7. The van der Waals surface area contributed by atoms with E-state index in [9.17, 15) is 4.79 Å². The van der Waals surface area contributed by atoms with Crippen LogP contribution in [-0.4, -0.2) is 54.4 Å². The quantitative estimate of drug-likeness (QED) is 0.813. The van der Waals surface area contributed by atoms with Gasteiger partial charge >= 0.3 is 0 Å². The van der Waals surface area contributed by atoms with Crippen molar-refractivity contribution in [1.82, 2.24) is 20.4 Å². The summed E-state index contributed by atoms with van der Waals surface area (Å²) in [6.45, 7) is 8.18. The van der Waals surface area contributed by atoms with Crippen LogP contribution in [0.4, 0.5) is 0 Å². The molecular formula is C20H28N4O3. The molecule has 1 saturated heterocycles. The monoisotopic (exact) mass is 372 g/mol. The Hall–Kier alpha value is -2.38. The van der Waals surface area contributed by atoms with E-state index in [4.69, 9.17) is 9.47 Å². The summed E-state index contributed by atoms with van der Waals surface area (Å²) in [7, 11) is 1.64. The lowest BCUT2D eigenvalue weighted by molar-refractivity contribution is -0.125. The number of aromatic nitrogens is 2. The van der Waals surface area contributed by atoms with Gasteiger partial charge in [0.05, 0.1) is 44.6 Å². The molecule has 2 N–H and O–H groups in total. The molecule has 7 heteroatoms. The third-order valence-corrected chi connectivity index (χ3v) is 5.09. The molecule has 0 bridgehead atoms. The summed E-state index contributed by atoms with van der Waals surface area (Å²) in [6.07, 6.45) is 0. The van der Waals surface area contributed by atoms with Crippen LogP contribution in [0, 0.1) is 13.8 Å². The summed E-state index contributed by atoms with van der Waals surface area (Å²) in [5.41, 5.74) is 4.07. The molecule has 146 valence electrons. The van der Waals surface area contributed by atoms with Gasteiger partial charge in [0.1, 0.15) is 5.75 Å². The van der Waals surface area contributed by atoms with Crippen LogP contribution >= 0.6 is 0 Å². The number of aromatic amines is 1. The SMILES string of the molecule is COc1ccccc1[C@H](C)NC(=O)CN1CCOC[C@H]1c1c(C)n[nH]c1C. The molecule has 1 aromatic heterocycles. The van der Waals surface area contributed by atoms with E-state index in [1.165, 1.54) is 0 Å². The van der Waals surface area contributed by atoms with Crippen LogP contribution in [0.15, 0.2) is 24.3 Å².